The second-order valence-corrected chi connectivity index (χ2v) is 9.87. The molecule has 9 heteroatoms. The molecule has 0 radical (unpaired) electrons. The van der Waals surface area contributed by atoms with E-state index < -0.39 is 28.5 Å². The number of benzene rings is 2. The molecule has 0 bridgehead atoms. The third-order valence-electron chi connectivity index (χ3n) is 4.62. The van der Waals surface area contributed by atoms with Crippen LogP contribution in [-0.2, 0) is 26.2 Å². The molecule has 0 aromatic heterocycles. The number of hydrogen-bond donors (Lipinski definition) is 1. The molecule has 7 nitrogen and oxygen atoms in total. The van der Waals surface area contributed by atoms with Crippen LogP contribution in [-0.4, -0.2) is 50.0 Å². The molecule has 0 fully saturated rings. The molecule has 0 saturated carbocycles. The average molecular weight is 466 g/mol. The van der Waals surface area contributed by atoms with Crippen molar-refractivity contribution in [2.45, 2.75) is 39.4 Å². The van der Waals surface area contributed by atoms with E-state index >= 15 is 0 Å². The summed E-state index contributed by atoms with van der Waals surface area (Å²) >= 11 is 6.27. The molecule has 0 unspecified atom stereocenters. The molecular formula is C22H28ClN3O4S. The quantitative estimate of drug-likeness (QED) is 0.616. The molecule has 0 heterocycles. The first-order valence-electron chi connectivity index (χ1n) is 9.86. The van der Waals surface area contributed by atoms with E-state index in [-0.39, 0.29) is 18.5 Å². The second kappa shape index (κ2) is 10.6. The number of hydrogen-bond acceptors (Lipinski definition) is 4. The van der Waals surface area contributed by atoms with Gasteiger partial charge in [-0.05, 0) is 44.5 Å². The largest absolute Gasteiger partial charge is 0.352 e. The van der Waals surface area contributed by atoms with Gasteiger partial charge in [-0.1, -0.05) is 48.0 Å². The lowest BCUT2D eigenvalue weighted by molar-refractivity contribution is -0.139. The highest BCUT2D eigenvalue weighted by atomic mass is 35.5. The monoisotopic (exact) mass is 465 g/mol. The lowest BCUT2D eigenvalue weighted by Crippen LogP contribution is -2.52. The van der Waals surface area contributed by atoms with Gasteiger partial charge in [-0.2, -0.15) is 0 Å². The van der Waals surface area contributed by atoms with Crippen molar-refractivity contribution >= 4 is 39.1 Å². The fourth-order valence-corrected chi connectivity index (χ4v) is 4.05. The maximum absolute atomic E-state index is 13.3. The molecule has 0 spiro atoms. The summed E-state index contributed by atoms with van der Waals surface area (Å²) in [5.41, 5.74) is 1.03. The van der Waals surface area contributed by atoms with Crippen molar-refractivity contribution < 1.29 is 18.0 Å². The van der Waals surface area contributed by atoms with E-state index in [1.807, 2.05) is 13.8 Å². The van der Waals surface area contributed by atoms with Crippen molar-refractivity contribution in [2.24, 2.45) is 0 Å². The van der Waals surface area contributed by atoms with Crippen molar-refractivity contribution in [3.63, 3.8) is 0 Å². The van der Waals surface area contributed by atoms with E-state index in [0.717, 1.165) is 10.6 Å². The Bertz CT molecular complexity index is 1010. The minimum atomic E-state index is -3.73. The first-order valence-corrected chi connectivity index (χ1v) is 12.1. The Hall–Kier alpha value is -2.58. The van der Waals surface area contributed by atoms with Gasteiger partial charge in [0.2, 0.25) is 21.8 Å². The number of nitrogens with zero attached hydrogens (tertiary/aromatic N) is 2. The summed E-state index contributed by atoms with van der Waals surface area (Å²) in [5, 5.41) is 3.25. The summed E-state index contributed by atoms with van der Waals surface area (Å²) < 4.78 is 25.8. The number of sulfonamides is 1. The van der Waals surface area contributed by atoms with Crippen LogP contribution in [0, 0.1) is 0 Å². The Morgan fingerprint density at radius 2 is 1.58 bits per heavy atom. The molecule has 2 amide bonds. The number of halogens is 1. The summed E-state index contributed by atoms with van der Waals surface area (Å²) in [6.07, 6.45) is 1.04. The van der Waals surface area contributed by atoms with Crippen LogP contribution in [0.4, 0.5) is 5.69 Å². The molecule has 31 heavy (non-hydrogen) atoms. The predicted molar refractivity (Wildman–Crippen MR) is 123 cm³/mol. The second-order valence-electron chi connectivity index (χ2n) is 7.56. The molecule has 2 aromatic rings. The van der Waals surface area contributed by atoms with E-state index in [2.05, 4.69) is 5.32 Å². The van der Waals surface area contributed by atoms with Crippen molar-refractivity contribution in [1.82, 2.24) is 10.2 Å². The van der Waals surface area contributed by atoms with Crippen LogP contribution >= 0.6 is 11.6 Å². The zero-order valence-electron chi connectivity index (χ0n) is 18.1. The van der Waals surface area contributed by atoms with Crippen molar-refractivity contribution in [3.8, 4) is 0 Å². The Kier molecular flexibility index (Phi) is 8.47. The van der Waals surface area contributed by atoms with Crippen LogP contribution in [0.25, 0.3) is 0 Å². The number of anilines is 1. The van der Waals surface area contributed by atoms with E-state index in [1.54, 1.807) is 61.5 Å². The minimum Gasteiger partial charge on any atom is -0.352 e. The minimum absolute atomic E-state index is 0.0670. The van der Waals surface area contributed by atoms with E-state index in [9.17, 15) is 18.0 Å². The summed E-state index contributed by atoms with van der Waals surface area (Å²) in [6, 6.07) is 14.5. The van der Waals surface area contributed by atoms with Gasteiger partial charge in [0.05, 0.1) is 11.9 Å². The zero-order valence-corrected chi connectivity index (χ0v) is 19.7. The molecular weight excluding hydrogens is 438 g/mol. The zero-order chi connectivity index (χ0) is 23.2. The Morgan fingerprint density at radius 1 is 1.00 bits per heavy atom. The molecule has 0 saturated heterocycles. The Balaban J connectivity index is 2.38. The molecule has 0 aliphatic heterocycles. The Labute approximate surface area is 189 Å². The molecule has 1 N–H and O–H groups in total. The molecule has 168 valence electrons. The van der Waals surface area contributed by atoms with Crippen LogP contribution in [0.3, 0.4) is 0 Å². The third kappa shape index (κ3) is 6.97. The standard InChI is InChI=1S/C22H28ClN3O4S/c1-16(2)24-22(28)17(3)25(14-18-10-8-9-13-20(18)23)21(27)15-26(31(4,29)30)19-11-6-5-7-12-19/h5-13,16-17H,14-15H2,1-4H3,(H,24,28)/t17-/m0/s1. The lowest BCUT2D eigenvalue weighted by Gasteiger charge is -2.32. The van der Waals surface area contributed by atoms with Gasteiger partial charge >= 0.3 is 0 Å². The van der Waals surface area contributed by atoms with Crippen LogP contribution in [0.1, 0.15) is 26.3 Å². The molecule has 0 aliphatic carbocycles. The first kappa shape index (κ1) is 24.7. The summed E-state index contributed by atoms with van der Waals surface area (Å²) in [6.45, 7) is 4.89. The number of carbonyl (C=O) groups is 2. The third-order valence-corrected chi connectivity index (χ3v) is 6.13. The Morgan fingerprint density at radius 3 is 2.13 bits per heavy atom. The topological polar surface area (TPSA) is 86.8 Å². The fraction of sp³-hybridized carbons (Fsp3) is 0.364. The van der Waals surface area contributed by atoms with Crippen LogP contribution in [0.5, 0.6) is 0 Å². The highest BCUT2D eigenvalue weighted by Gasteiger charge is 2.30. The summed E-state index contributed by atoms with van der Waals surface area (Å²) in [7, 11) is -3.73. The SMILES string of the molecule is CC(C)NC(=O)[C@H](C)N(Cc1ccccc1Cl)C(=O)CN(c1ccccc1)S(C)(=O)=O. The maximum atomic E-state index is 13.3. The van der Waals surface area contributed by atoms with Gasteiger partial charge in [0.25, 0.3) is 0 Å². The van der Waals surface area contributed by atoms with Crippen molar-refractivity contribution in [1.29, 1.82) is 0 Å². The number of rotatable bonds is 9. The van der Waals surface area contributed by atoms with Crippen LogP contribution in [0.15, 0.2) is 54.6 Å². The smallest absolute Gasteiger partial charge is 0.244 e. The van der Waals surface area contributed by atoms with Gasteiger partial charge < -0.3 is 10.2 Å². The van der Waals surface area contributed by atoms with Crippen molar-refractivity contribution in [3.05, 3.63) is 65.2 Å². The van der Waals surface area contributed by atoms with Gasteiger partial charge in [-0.15, -0.1) is 0 Å². The number of para-hydroxylation sites is 1. The molecule has 1 atom stereocenters. The van der Waals surface area contributed by atoms with Crippen LogP contribution in [0.2, 0.25) is 5.02 Å². The highest BCUT2D eigenvalue weighted by Crippen LogP contribution is 2.21. The number of amides is 2. The van der Waals surface area contributed by atoms with Gasteiger partial charge in [0, 0.05) is 17.6 Å². The van der Waals surface area contributed by atoms with Gasteiger partial charge in [-0.3, -0.25) is 13.9 Å². The van der Waals surface area contributed by atoms with Gasteiger partial charge in [0.15, 0.2) is 0 Å². The molecule has 2 aromatic carbocycles. The number of nitrogens with one attached hydrogen (secondary N) is 1. The summed E-state index contributed by atoms with van der Waals surface area (Å²) in [5.74, 6) is -0.846. The summed E-state index contributed by atoms with van der Waals surface area (Å²) in [4.78, 5) is 27.3. The van der Waals surface area contributed by atoms with Gasteiger partial charge in [-0.25, -0.2) is 8.42 Å². The van der Waals surface area contributed by atoms with Gasteiger partial charge in [0.1, 0.15) is 12.6 Å². The van der Waals surface area contributed by atoms with Crippen molar-refractivity contribution in [2.75, 3.05) is 17.1 Å². The predicted octanol–water partition coefficient (Wildman–Crippen LogP) is 3.05. The number of carbonyl (C=O) groups excluding carboxylic acids is 2. The van der Waals surface area contributed by atoms with E-state index in [4.69, 9.17) is 11.6 Å². The average Bonchev–Trinajstić information content (AvgIpc) is 2.70. The lowest BCUT2D eigenvalue weighted by atomic mass is 10.1. The van der Waals surface area contributed by atoms with Crippen LogP contribution < -0.4 is 9.62 Å². The molecule has 0 aliphatic rings. The normalized spacial score (nSPS) is 12.3. The first-order chi connectivity index (χ1) is 14.5. The fourth-order valence-electron chi connectivity index (χ4n) is 3.01. The van der Waals surface area contributed by atoms with E-state index in [1.165, 1.54) is 4.90 Å². The molecule has 2 rings (SSSR count). The maximum Gasteiger partial charge on any atom is 0.244 e. The highest BCUT2D eigenvalue weighted by molar-refractivity contribution is 7.92. The van der Waals surface area contributed by atoms with E-state index in [0.29, 0.717) is 16.3 Å².